The summed E-state index contributed by atoms with van der Waals surface area (Å²) in [4.78, 5) is 1.54. The van der Waals surface area contributed by atoms with Crippen LogP contribution in [0.5, 0.6) is 0 Å². The third kappa shape index (κ3) is 4.86. The Hall–Kier alpha value is -1.04. The standard InChI is InChI=1S/C14H22F2N2O/c1-10-3-5-12(6-4-10)14(11(2)17)18(7-8-19)9-13(15)16/h3-6,11,13-14,19H,7-9,17H2,1-2H3. The zero-order valence-corrected chi connectivity index (χ0v) is 11.4. The summed E-state index contributed by atoms with van der Waals surface area (Å²) in [6.07, 6.45) is -2.45. The molecule has 3 N–H and O–H groups in total. The number of nitrogens with zero attached hydrogens (tertiary/aromatic N) is 1. The van der Waals surface area contributed by atoms with E-state index in [0.717, 1.165) is 11.1 Å². The zero-order valence-electron chi connectivity index (χ0n) is 11.4. The molecule has 0 saturated heterocycles. The molecule has 0 spiro atoms. The van der Waals surface area contributed by atoms with Gasteiger partial charge in [-0.25, -0.2) is 8.78 Å². The first-order chi connectivity index (χ1) is 8.95. The summed E-state index contributed by atoms with van der Waals surface area (Å²) in [7, 11) is 0. The van der Waals surface area contributed by atoms with Crippen LogP contribution in [0, 0.1) is 6.92 Å². The van der Waals surface area contributed by atoms with Gasteiger partial charge < -0.3 is 10.8 Å². The quantitative estimate of drug-likeness (QED) is 0.797. The number of halogens is 2. The van der Waals surface area contributed by atoms with E-state index in [1.54, 1.807) is 11.8 Å². The van der Waals surface area contributed by atoms with E-state index in [1.807, 2.05) is 31.2 Å². The maximum absolute atomic E-state index is 12.6. The molecule has 0 aliphatic heterocycles. The predicted octanol–water partition coefficient (Wildman–Crippen LogP) is 1.94. The first-order valence-corrected chi connectivity index (χ1v) is 6.41. The van der Waals surface area contributed by atoms with E-state index in [-0.39, 0.29) is 31.8 Å². The molecular formula is C14H22F2N2O. The summed E-state index contributed by atoms with van der Waals surface area (Å²) in [6.45, 7) is 3.39. The minimum Gasteiger partial charge on any atom is -0.395 e. The van der Waals surface area contributed by atoms with Gasteiger partial charge in [-0.1, -0.05) is 29.8 Å². The molecule has 0 saturated carbocycles. The van der Waals surface area contributed by atoms with Crippen molar-refractivity contribution >= 4 is 0 Å². The number of benzene rings is 1. The van der Waals surface area contributed by atoms with Crippen molar-refractivity contribution in [3.05, 3.63) is 35.4 Å². The normalized spacial score (nSPS) is 14.9. The SMILES string of the molecule is Cc1ccc(C(C(C)N)N(CCO)CC(F)F)cc1. The van der Waals surface area contributed by atoms with Gasteiger partial charge in [0.05, 0.1) is 13.2 Å². The van der Waals surface area contributed by atoms with Gasteiger partial charge in [-0.3, -0.25) is 4.90 Å². The molecule has 2 atom stereocenters. The van der Waals surface area contributed by atoms with Crippen molar-refractivity contribution in [3.63, 3.8) is 0 Å². The van der Waals surface area contributed by atoms with E-state index in [4.69, 9.17) is 10.8 Å². The number of aliphatic hydroxyl groups excluding tert-OH is 1. The van der Waals surface area contributed by atoms with Crippen LogP contribution in [0.2, 0.25) is 0 Å². The fraction of sp³-hybridized carbons (Fsp3) is 0.571. The third-order valence-electron chi connectivity index (χ3n) is 3.07. The zero-order chi connectivity index (χ0) is 14.4. The average Bonchev–Trinajstić information content (AvgIpc) is 2.31. The Kier molecular flexibility index (Phi) is 6.34. The second-order valence-electron chi connectivity index (χ2n) is 4.82. The van der Waals surface area contributed by atoms with Gasteiger partial charge in [0.2, 0.25) is 0 Å². The number of alkyl halides is 2. The summed E-state index contributed by atoms with van der Waals surface area (Å²) < 4.78 is 25.3. The predicted molar refractivity (Wildman–Crippen MR) is 72.2 cm³/mol. The minimum atomic E-state index is -2.45. The van der Waals surface area contributed by atoms with E-state index in [2.05, 4.69) is 0 Å². The van der Waals surface area contributed by atoms with Gasteiger partial charge in [-0.15, -0.1) is 0 Å². The number of hydrogen-bond donors (Lipinski definition) is 2. The van der Waals surface area contributed by atoms with Gasteiger partial charge in [-0.2, -0.15) is 0 Å². The molecule has 0 bridgehead atoms. The summed E-state index contributed by atoms with van der Waals surface area (Å²) in [5.74, 6) is 0. The number of hydrogen-bond acceptors (Lipinski definition) is 3. The van der Waals surface area contributed by atoms with E-state index in [1.165, 1.54) is 0 Å². The molecule has 1 aromatic carbocycles. The molecule has 108 valence electrons. The molecule has 19 heavy (non-hydrogen) atoms. The van der Waals surface area contributed by atoms with E-state index < -0.39 is 6.43 Å². The highest BCUT2D eigenvalue weighted by atomic mass is 19.3. The molecule has 0 radical (unpaired) electrons. The number of rotatable bonds is 7. The number of nitrogens with two attached hydrogens (primary N) is 1. The Bertz CT molecular complexity index is 368. The van der Waals surface area contributed by atoms with Gasteiger partial charge in [-0.05, 0) is 19.4 Å². The molecule has 0 heterocycles. The molecular weight excluding hydrogens is 250 g/mol. The Morgan fingerprint density at radius 2 is 1.84 bits per heavy atom. The van der Waals surface area contributed by atoms with Crippen LogP contribution in [0.1, 0.15) is 24.1 Å². The lowest BCUT2D eigenvalue weighted by Gasteiger charge is -2.34. The lowest BCUT2D eigenvalue weighted by atomic mass is 9.98. The molecule has 2 unspecified atom stereocenters. The van der Waals surface area contributed by atoms with Crippen molar-refractivity contribution < 1.29 is 13.9 Å². The van der Waals surface area contributed by atoms with E-state index in [0.29, 0.717) is 0 Å². The Morgan fingerprint density at radius 1 is 1.26 bits per heavy atom. The molecule has 0 amide bonds. The van der Waals surface area contributed by atoms with Crippen LogP contribution in [-0.4, -0.2) is 42.2 Å². The van der Waals surface area contributed by atoms with Crippen LogP contribution >= 0.6 is 0 Å². The lowest BCUT2D eigenvalue weighted by Crippen LogP contribution is -2.43. The van der Waals surface area contributed by atoms with Crippen molar-refractivity contribution in [3.8, 4) is 0 Å². The van der Waals surface area contributed by atoms with E-state index in [9.17, 15) is 8.78 Å². The van der Waals surface area contributed by atoms with Crippen LogP contribution in [0.15, 0.2) is 24.3 Å². The highest BCUT2D eigenvalue weighted by molar-refractivity contribution is 5.25. The number of aryl methyl sites for hydroxylation is 1. The van der Waals surface area contributed by atoms with Gasteiger partial charge in [0.25, 0.3) is 6.43 Å². The molecule has 3 nitrogen and oxygen atoms in total. The van der Waals surface area contributed by atoms with Gasteiger partial charge in [0, 0.05) is 18.6 Å². The van der Waals surface area contributed by atoms with Crippen molar-refractivity contribution in [1.82, 2.24) is 4.90 Å². The Morgan fingerprint density at radius 3 is 2.26 bits per heavy atom. The second-order valence-corrected chi connectivity index (χ2v) is 4.82. The summed E-state index contributed by atoms with van der Waals surface area (Å²) in [6, 6.07) is 7.06. The van der Waals surface area contributed by atoms with Crippen molar-refractivity contribution in [2.24, 2.45) is 5.73 Å². The van der Waals surface area contributed by atoms with Gasteiger partial charge in [0.15, 0.2) is 0 Å². The molecule has 0 fully saturated rings. The second kappa shape index (κ2) is 7.53. The lowest BCUT2D eigenvalue weighted by molar-refractivity contribution is 0.0487. The van der Waals surface area contributed by atoms with Crippen LogP contribution in [-0.2, 0) is 0 Å². The topological polar surface area (TPSA) is 49.5 Å². The average molecular weight is 272 g/mol. The highest BCUT2D eigenvalue weighted by Gasteiger charge is 2.26. The van der Waals surface area contributed by atoms with Crippen LogP contribution in [0.4, 0.5) is 8.78 Å². The number of aliphatic hydroxyl groups is 1. The van der Waals surface area contributed by atoms with Crippen molar-refractivity contribution in [2.45, 2.75) is 32.4 Å². The molecule has 0 aromatic heterocycles. The molecule has 5 heteroatoms. The van der Waals surface area contributed by atoms with Crippen molar-refractivity contribution in [1.29, 1.82) is 0 Å². The first kappa shape index (κ1) is 16.0. The summed E-state index contributed by atoms with van der Waals surface area (Å²) in [5, 5.41) is 9.04. The smallest absolute Gasteiger partial charge is 0.251 e. The van der Waals surface area contributed by atoms with Crippen LogP contribution in [0.25, 0.3) is 0 Å². The highest BCUT2D eigenvalue weighted by Crippen LogP contribution is 2.24. The fourth-order valence-corrected chi connectivity index (χ4v) is 2.26. The Balaban J connectivity index is 2.98. The van der Waals surface area contributed by atoms with Gasteiger partial charge in [0.1, 0.15) is 0 Å². The third-order valence-corrected chi connectivity index (χ3v) is 3.07. The Labute approximate surface area is 113 Å². The summed E-state index contributed by atoms with van der Waals surface area (Å²) >= 11 is 0. The maximum atomic E-state index is 12.6. The minimum absolute atomic E-state index is 0.165. The molecule has 1 aromatic rings. The van der Waals surface area contributed by atoms with E-state index >= 15 is 0 Å². The first-order valence-electron chi connectivity index (χ1n) is 6.41. The van der Waals surface area contributed by atoms with Crippen LogP contribution in [0.3, 0.4) is 0 Å². The molecule has 0 aliphatic rings. The largest absolute Gasteiger partial charge is 0.395 e. The monoisotopic (exact) mass is 272 g/mol. The van der Waals surface area contributed by atoms with Crippen molar-refractivity contribution in [2.75, 3.05) is 19.7 Å². The fourth-order valence-electron chi connectivity index (χ4n) is 2.26. The molecule has 0 aliphatic carbocycles. The van der Waals surface area contributed by atoms with Gasteiger partial charge >= 0.3 is 0 Å². The molecule has 1 rings (SSSR count). The summed E-state index contributed by atoms with van der Waals surface area (Å²) in [5.41, 5.74) is 7.95. The van der Waals surface area contributed by atoms with Crippen LogP contribution < -0.4 is 5.73 Å². The maximum Gasteiger partial charge on any atom is 0.251 e.